The zero-order valence-corrected chi connectivity index (χ0v) is 13.7. The molecular formula is C18H18BrN. The molecule has 1 unspecified atom stereocenters. The van der Waals surface area contributed by atoms with Crippen LogP contribution in [0.25, 0.3) is 0 Å². The summed E-state index contributed by atoms with van der Waals surface area (Å²) in [5.41, 5.74) is 6.06. The molecule has 0 fully saturated rings. The van der Waals surface area contributed by atoms with Crippen molar-refractivity contribution in [2.24, 2.45) is 0 Å². The summed E-state index contributed by atoms with van der Waals surface area (Å²) in [5.74, 6) is -0.0863. The van der Waals surface area contributed by atoms with Gasteiger partial charge in [-0.05, 0) is 61.6 Å². The van der Waals surface area contributed by atoms with Crippen molar-refractivity contribution >= 4 is 15.9 Å². The summed E-state index contributed by atoms with van der Waals surface area (Å²) in [6, 6.07) is 15.0. The van der Waals surface area contributed by atoms with Crippen LogP contribution in [0.1, 0.15) is 33.7 Å². The summed E-state index contributed by atoms with van der Waals surface area (Å²) < 4.78 is 1.07. The molecular weight excluding hydrogens is 310 g/mol. The zero-order chi connectivity index (χ0) is 14.7. The van der Waals surface area contributed by atoms with Gasteiger partial charge in [0.1, 0.15) is 0 Å². The molecule has 0 bridgehead atoms. The Kier molecular flexibility index (Phi) is 4.62. The Morgan fingerprint density at radius 1 is 1.05 bits per heavy atom. The predicted molar refractivity (Wildman–Crippen MR) is 86.9 cm³/mol. The number of nitrogens with zero attached hydrogens (tertiary/aromatic N) is 1. The minimum absolute atomic E-state index is 0.0863. The molecule has 0 aliphatic carbocycles. The normalized spacial score (nSPS) is 11.9. The van der Waals surface area contributed by atoms with Crippen LogP contribution in [0.5, 0.6) is 0 Å². The van der Waals surface area contributed by atoms with Crippen LogP contribution in [0, 0.1) is 32.1 Å². The molecule has 0 radical (unpaired) electrons. The highest BCUT2D eigenvalue weighted by molar-refractivity contribution is 9.10. The molecule has 0 heterocycles. The molecule has 0 saturated heterocycles. The summed E-state index contributed by atoms with van der Waals surface area (Å²) in [6.07, 6.45) is 0.758. The van der Waals surface area contributed by atoms with Gasteiger partial charge in [-0.15, -0.1) is 0 Å². The lowest BCUT2D eigenvalue weighted by molar-refractivity contribution is 0.832. The third kappa shape index (κ3) is 3.29. The average molecular weight is 328 g/mol. The van der Waals surface area contributed by atoms with Gasteiger partial charge < -0.3 is 0 Å². The summed E-state index contributed by atoms with van der Waals surface area (Å²) in [7, 11) is 0. The van der Waals surface area contributed by atoms with Crippen LogP contribution in [0.2, 0.25) is 0 Å². The van der Waals surface area contributed by atoms with E-state index in [1.807, 2.05) is 12.1 Å². The van der Waals surface area contributed by atoms with Gasteiger partial charge in [-0.25, -0.2) is 0 Å². The van der Waals surface area contributed by atoms with E-state index in [0.717, 1.165) is 10.9 Å². The van der Waals surface area contributed by atoms with Crippen molar-refractivity contribution in [3.8, 4) is 6.07 Å². The second-order valence-electron chi connectivity index (χ2n) is 5.32. The molecule has 0 spiro atoms. The van der Waals surface area contributed by atoms with E-state index in [2.05, 4.69) is 67.0 Å². The molecule has 102 valence electrons. The molecule has 2 aromatic carbocycles. The predicted octanol–water partition coefficient (Wildman–Crippen LogP) is 5.22. The lowest BCUT2D eigenvalue weighted by Crippen LogP contribution is -2.05. The fourth-order valence-electron chi connectivity index (χ4n) is 2.81. The Bertz CT molecular complexity index is 627. The van der Waals surface area contributed by atoms with Crippen LogP contribution in [0.3, 0.4) is 0 Å². The number of halogens is 1. The summed E-state index contributed by atoms with van der Waals surface area (Å²) in [4.78, 5) is 0. The van der Waals surface area contributed by atoms with E-state index in [1.54, 1.807) is 0 Å². The molecule has 2 heteroatoms. The molecule has 0 amide bonds. The van der Waals surface area contributed by atoms with Gasteiger partial charge in [0.25, 0.3) is 0 Å². The fourth-order valence-corrected chi connectivity index (χ4v) is 3.07. The van der Waals surface area contributed by atoms with E-state index in [0.29, 0.717) is 0 Å². The molecule has 1 atom stereocenters. The van der Waals surface area contributed by atoms with Crippen LogP contribution < -0.4 is 0 Å². The standard InChI is InChI=1S/C18H18BrN/c1-12-8-13(2)18(14(3)9-12)16(11-20)10-15-4-6-17(19)7-5-15/h4-9,16H,10H2,1-3H3. The molecule has 1 nitrogen and oxygen atoms in total. The number of nitriles is 1. The fraction of sp³-hybridized carbons (Fsp3) is 0.278. The molecule has 0 aliphatic rings. The molecule has 0 N–H and O–H groups in total. The Labute approximate surface area is 129 Å². The lowest BCUT2D eigenvalue weighted by atomic mass is 9.86. The minimum atomic E-state index is -0.0863. The smallest absolute Gasteiger partial charge is 0.0758 e. The van der Waals surface area contributed by atoms with E-state index in [-0.39, 0.29) is 5.92 Å². The molecule has 0 aromatic heterocycles. The maximum absolute atomic E-state index is 9.55. The number of hydrogen-bond donors (Lipinski definition) is 0. The van der Waals surface area contributed by atoms with Gasteiger partial charge in [-0.2, -0.15) is 5.26 Å². The largest absolute Gasteiger partial charge is 0.198 e. The Hall–Kier alpha value is -1.59. The first-order valence-corrected chi connectivity index (χ1v) is 7.52. The minimum Gasteiger partial charge on any atom is -0.198 e. The molecule has 2 rings (SSSR count). The van der Waals surface area contributed by atoms with Crippen LogP contribution in [0.15, 0.2) is 40.9 Å². The third-order valence-corrected chi connectivity index (χ3v) is 4.12. The third-order valence-electron chi connectivity index (χ3n) is 3.60. The summed E-state index contributed by atoms with van der Waals surface area (Å²) >= 11 is 3.44. The Morgan fingerprint density at radius 3 is 2.10 bits per heavy atom. The van der Waals surface area contributed by atoms with E-state index >= 15 is 0 Å². The van der Waals surface area contributed by atoms with Crippen LogP contribution in [-0.2, 0) is 6.42 Å². The van der Waals surface area contributed by atoms with Crippen molar-refractivity contribution in [3.05, 3.63) is 68.7 Å². The Morgan fingerprint density at radius 2 is 1.60 bits per heavy atom. The molecule has 20 heavy (non-hydrogen) atoms. The van der Waals surface area contributed by atoms with E-state index in [1.165, 1.54) is 27.8 Å². The first-order chi connectivity index (χ1) is 9.51. The van der Waals surface area contributed by atoms with Gasteiger partial charge in [-0.3, -0.25) is 0 Å². The van der Waals surface area contributed by atoms with Crippen LogP contribution >= 0.6 is 15.9 Å². The molecule has 0 aliphatic heterocycles. The van der Waals surface area contributed by atoms with Gasteiger partial charge in [0.2, 0.25) is 0 Å². The summed E-state index contributed by atoms with van der Waals surface area (Å²) in [6.45, 7) is 6.29. The van der Waals surface area contributed by atoms with Gasteiger partial charge in [0.05, 0.1) is 12.0 Å². The maximum Gasteiger partial charge on any atom is 0.0758 e. The zero-order valence-electron chi connectivity index (χ0n) is 12.1. The highest BCUT2D eigenvalue weighted by atomic mass is 79.9. The molecule has 0 saturated carbocycles. The quantitative estimate of drug-likeness (QED) is 0.757. The van der Waals surface area contributed by atoms with Gasteiger partial charge >= 0.3 is 0 Å². The maximum atomic E-state index is 9.55. The first-order valence-electron chi connectivity index (χ1n) is 6.73. The van der Waals surface area contributed by atoms with Crippen LogP contribution in [-0.4, -0.2) is 0 Å². The number of benzene rings is 2. The Balaban J connectivity index is 2.34. The van der Waals surface area contributed by atoms with Crippen molar-refractivity contribution in [2.45, 2.75) is 33.1 Å². The van der Waals surface area contributed by atoms with Gasteiger partial charge in [0, 0.05) is 4.47 Å². The average Bonchev–Trinajstić information content (AvgIpc) is 2.38. The topological polar surface area (TPSA) is 23.8 Å². The van der Waals surface area contributed by atoms with Crippen molar-refractivity contribution in [3.63, 3.8) is 0 Å². The highest BCUT2D eigenvalue weighted by Gasteiger charge is 2.16. The second-order valence-corrected chi connectivity index (χ2v) is 6.24. The van der Waals surface area contributed by atoms with Crippen LogP contribution in [0.4, 0.5) is 0 Å². The molecule has 2 aromatic rings. The van der Waals surface area contributed by atoms with Gasteiger partial charge in [0.15, 0.2) is 0 Å². The van der Waals surface area contributed by atoms with Crippen molar-refractivity contribution in [2.75, 3.05) is 0 Å². The number of aryl methyl sites for hydroxylation is 3. The highest BCUT2D eigenvalue weighted by Crippen LogP contribution is 2.28. The van der Waals surface area contributed by atoms with E-state index in [4.69, 9.17) is 0 Å². The lowest BCUT2D eigenvalue weighted by Gasteiger charge is -2.16. The summed E-state index contributed by atoms with van der Waals surface area (Å²) in [5, 5.41) is 9.55. The number of rotatable bonds is 3. The van der Waals surface area contributed by atoms with E-state index < -0.39 is 0 Å². The van der Waals surface area contributed by atoms with E-state index in [9.17, 15) is 5.26 Å². The SMILES string of the molecule is Cc1cc(C)c(C(C#N)Cc2ccc(Br)cc2)c(C)c1. The number of hydrogen-bond acceptors (Lipinski definition) is 1. The van der Waals surface area contributed by atoms with Crippen molar-refractivity contribution < 1.29 is 0 Å². The van der Waals surface area contributed by atoms with Crippen molar-refractivity contribution in [1.29, 1.82) is 5.26 Å². The van der Waals surface area contributed by atoms with Gasteiger partial charge in [-0.1, -0.05) is 45.8 Å². The first kappa shape index (κ1) is 14.8. The monoisotopic (exact) mass is 327 g/mol. The second kappa shape index (κ2) is 6.24. The van der Waals surface area contributed by atoms with Crippen molar-refractivity contribution in [1.82, 2.24) is 0 Å².